The van der Waals surface area contributed by atoms with Crippen LogP contribution in [0.25, 0.3) is 0 Å². The van der Waals surface area contributed by atoms with Gasteiger partial charge in [-0.3, -0.25) is 13.8 Å². The Kier molecular flexibility index (Phi) is 7.81. The van der Waals surface area contributed by atoms with Gasteiger partial charge in [-0.15, -0.1) is 0 Å². The summed E-state index contributed by atoms with van der Waals surface area (Å²) in [5.74, 6) is -0.183. The number of ketones is 1. The molecule has 0 heterocycles. The molecule has 0 aliphatic rings. The van der Waals surface area contributed by atoms with Crippen LogP contribution < -0.4 is 0 Å². The van der Waals surface area contributed by atoms with E-state index in [4.69, 9.17) is 9.47 Å². The average molecular weight is 433 g/mol. The van der Waals surface area contributed by atoms with Crippen molar-refractivity contribution in [3.8, 4) is 0 Å². The van der Waals surface area contributed by atoms with Gasteiger partial charge in [-0.25, -0.2) is 4.79 Å². The summed E-state index contributed by atoms with van der Waals surface area (Å²) in [5.41, 5.74) is 0.156. The Labute approximate surface area is 178 Å². The van der Waals surface area contributed by atoms with Gasteiger partial charge >= 0.3 is 5.97 Å². The van der Waals surface area contributed by atoms with Gasteiger partial charge in [-0.2, -0.15) is 0 Å². The number of hydrogen-bond donors (Lipinski definition) is 1. The van der Waals surface area contributed by atoms with Crippen molar-refractivity contribution in [3.05, 3.63) is 65.2 Å². The second kappa shape index (κ2) is 9.91. The zero-order valence-electron chi connectivity index (χ0n) is 17.7. The predicted molar refractivity (Wildman–Crippen MR) is 117 cm³/mol. The van der Waals surface area contributed by atoms with Crippen molar-refractivity contribution < 1.29 is 28.1 Å². The quantitative estimate of drug-likeness (QED) is 0.204. The zero-order chi connectivity index (χ0) is 22.4. The minimum Gasteiger partial charge on any atom is -0.460 e. The molecule has 30 heavy (non-hydrogen) atoms. The SMILES string of the molecule is CC[SH](C)(=O)c1ccc(C(=O)C(C)(C)OCCOC(=O)c2ccc(C=O)cc2)cc1. The molecule has 0 amide bonds. The van der Waals surface area contributed by atoms with E-state index in [1.807, 2.05) is 6.92 Å². The van der Waals surface area contributed by atoms with Crippen LogP contribution in [0.15, 0.2) is 53.4 Å². The molecule has 2 aromatic rings. The van der Waals surface area contributed by atoms with Crippen molar-refractivity contribution in [2.45, 2.75) is 31.3 Å². The molecule has 7 heteroatoms. The third-order valence-electron chi connectivity index (χ3n) is 4.89. The number of ether oxygens (including phenoxy) is 2. The van der Waals surface area contributed by atoms with Crippen LogP contribution in [0.5, 0.6) is 0 Å². The van der Waals surface area contributed by atoms with Gasteiger partial charge in [-0.05, 0) is 44.4 Å². The van der Waals surface area contributed by atoms with E-state index in [0.29, 0.717) is 28.7 Å². The second-order valence-corrected chi connectivity index (χ2v) is 10.9. The molecule has 0 radical (unpaired) electrons. The molecule has 0 N–H and O–H groups in total. The van der Waals surface area contributed by atoms with E-state index in [-0.39, 0.29) is 19.0 Å². The molecule has 0 spiro atoms. The van der Waals surface area contributed by atoms with Crippen LogP contribution in [0.2, 0.25) is 0 Å². The van der Waals surface area contributed by atoms with Gasteiger partial charge in [0.05, 0.1) is 12.2 Å². The number of rotatable bonds is 10. The summed E-state index contributed by atoms with van der Waals surface area (Å²) in [6, 6.07) is 12.9. The molecular weight excluding hydrogens is 404 g/mol. The third-order valence-corrected chi connectivity index (χ3v) is 7.49. The number of aldehydes is 1. The van der Waals surface area contributed by atoms with Gasteiger partial charge in [0, 0.05) is 21.8 Å². The molecule has 0 aromatic heterocycles. The monoisotopic (exact) mass is 432 g/mol. The van der Waals surface area contributed by atoms with E-state index < -0.39 is 21.5 Å². The van der Waals surface area contributed by atoms with E-state index in [1.54, 1.807) is 44.4 Å². The van der Waals surface area contributed by atoms with Gasteiger partial charge in [0.25, 0.3) is 0 Å². The molecule has 0 saturated heterocycles. The lowest BCUT2D eigenvalue weighted by molar-refractivity contribution is -0.0244. The van der Waals surface area contributed by atoms with Crippen molar-refractivity contribution in [3.63, 3.8) is 0 Å². The highest BCUT2D eigenvalue weighted by atomic mass is 32.2. The minimum atomic E-state index is -2.39. The van der Waals surface area contributed by atoms with E-state index in [1.165, 1.54) is 24.3 Å². The molecule has 162 valence electrons. The van der Waals surface area contributed by atoms with E-state index in [0.717, 1.165) is 4.90 Å². The fourth-order valence-electron chi connectivity index (χ4n) is 2.74. The predicted octanol–water partition coefficient (Wildman–Crippen LogP) is 3.36. The van der Waals surface area contributed by atoms with Gasteiger partial charge < -0.3 is 9.47 Å². The molecule has 0 bridgehead atoms. The highest BCUT2D eigenvalue weighted by molar-refractivity contribution is 8.02. The fourth-order valence-corrected chi connectivity index (χ4v) is 3.88. The third kappa shape index (κ3) is 5.93. The topological polar surface area (TPSA) is 86.7 Å². The first-order valence-electron chi connectivity index (χ1n) is 9.69. The van der Waals surface area contributed by atoms with Crippen LogP contribution in [-0.4, -0.2) is 53.1 Å². The Morgan fingerprint density at radius 1 is 0.967 bits per heavy atom. The Morgan fingerprint density at radius 2 is 1.53 bits per heavy atom. The van der Waals surface area contributed by atoms with Crippen LogP contribution in [0, 0.1) is 0 Å². The Bertz CT molecular complexity index is 945. The van der Waals surface area contributed by atoms with Crippen molar-refractivity contribution >= 4 is 28.0 Å². The van der Waals surface area contributed by atoms with E-state index >= 15 is 0 Å². The van der Waals surface area contributed by atoms with Crippen LogP contribution in [0.4, 0.5) is 0 Å². The lowest BCUT2D eigenvalue weighted by Gasteiger charge is -2.24. The number of benzene rings is 2. The first-order chi connectivity index (χ1) is 14.1. The van der Waals surface area contributed by atoms with Crippen LogP contribution in [0.3, 0.4) is 0 Å². The van der Waals surface area contributed by atoms with Gasteiger partial charge in [-0.1, -0.05) is 41.1 Å². The Morgan fingerprint density at radius 3 is 2.07 bits per heavy atom. The standard InChI is InChI=1S/C23H28O6S/c1-5-30(4,27)20-12-10-18(11-13-20)21(25)23(2,3)29-15-14-28-22(26)19-8-6-17(16-24)7-9-19/h6-13,16,30H,5,14-15H2,1-4H3. The fraction of sp³-hybridized carbons (Fsp3) is 0.348. The number of thiol groups is 1. The molecule has 2 rings (SSSR count). The molecule has 0 aliphatic carbocycles. The molecule has 0 fully saturated rings. The summed E-state index contributed by atoms with van der Waals surface area (Å²) >= 11 is 0. The van der Waals surface area contributed by atoms with Gasteiger partial charge in [0.2, 0.25) is 0 Å². The summed E-state index contributed by atoms with van der Waals surface area (Å²) < 4.78 is 23.3. The van der Waals surface area contributed by atoms with Gasteiger partial charge in [0.1, 0.15) is 18.5 Å². The van der Waals surface area contributed by atoms with Crippen molar-refractivity contribution in [2.24, 2.45) is 0 Å². The van der Waals surface area contributed by atoms with E-state index in [2.05, 4.69) is 0 Å². The maximum Gasteiger partial charge on any atom is 0.338 e. The van der Waals surface area contributed by atoms with Crippen LogP contribution >= 0.6 is 0 Å². The minimum absolute atomic E-state index is 0.0145. The lowest BCUT2D eigenvalue weighted by atomic mass is 9.96. The number of carbonyl (C=O) groups excluding carboxylic acids is 3. The maximum absolute atomic E-state index is 12.8. The van der Waals surface area contributed by atoms with Gasteiger partial charge in [0.15, 0.2) is 5.78 Å². The van der Waals surface area contributed by atoms with E-state index in [9.17, 15) is 18.6 Å². The zero-order valence-corrected chi connectivity index (χ0v) is 18.6. The number of Topliss-reactive ketones (excluding diaryl/α,β-unsaturated/α-hetero) is 1. The van der Waals surface area contributed by atoms with Crippen LogP contribution in [0.1, 0.15) is 51.8 Å². The first-order valence-corrected chi connectivity index (χ1v) is 12.0. The number of esters is 1. The highest BCUT2D eigenvalue weighted by Gasteiger charge is 2.29. The van der Waals surface area contributed by atoms with Crippen molar-refractivity contribution in [1.29, 1.82) is 0 Å². The largest absolute Gasteiger partial charge is 0.460 e. The van der Waals surface area contributed by atoms with Crippen LogP contribution in [-0.2, 0) is 19.4 Å². The summed E-state index contributed by atoms with van der Waals surface area (Å²) in [6.45, 7) is 5.22. The molecule has 2 aromatic carbocycles. The number of carbonyl (C=O) groups is 3. The molecule has 0 atom stereocenters. The summed E-state index contributed by atoms with van der Waals surface area (Å²) in [6.07, 6.45) is 2.43. The highest BCUT2D eigenvalue weighted by Crippen LogP contribution is 2.21. The smallest absolute Gasteiger partial charge is 0.338 e. The summed E-state index contributed by atoms with van der Waals surface area (Å²) in [5, 5.41) is 0. The second-order valence-electron chi connectivity index (χ2n) is 7.53. The summed E-state index contributed by atoms with van der Waals surface area (Å²) in [4.78, 5) is 36.2. The molecule has 6 nitrogen and oxygen atoms in total. The first kappa shape index (κ1) is 23.6. The summed E-state index contributed by atoms with van der Waals surface area (Å²) in [7, 11) is -2.39. The molecule has 0 saturated carbocycles. The molecule has 0 aliphatic heterocycles. The normalized spacial score (nSPS) is 12.3. The van der Waals surface area contributed by atoms with Crippen molar-refractivity contribution in [1.82, 2.24) is 0 Å². The lowest BCUT2D eigenvalue weighted by Crippen LogP contribution is -2.36. The average Bonchev–Trinajstić information content (AvgIpc) is 2.76. The van der Waals surface area contributed by atoms with Crippen molar-refractivity contribution in [2.75, 3.05) is 25.2 Å². The Hall–Kier alpha value is -2.64. The Balaban J connectivity index is 1.89. The maximum atomic E-state index is 12.8. The molecular formula is C23H28O6S. The number of hydrogen-bond acceptors (Lipinski definition) is 6. The molecule has 0 unspecified atom stereocenters.